The summed E-state index contributed by atoms with van der Waals surface area (Å²) in [6.45, 7) is 1.39. The van der Waals surface area contributed by atoms with Crippen molar-refractivity contribution in [3.8, 4) is 0 Å². The number of rotatable bonds is 1. The summed E-state index contributed by atoms with van der Waals surface area (Å²) in [5.41, 5.74) is 0.245. The first kappa shape index (κ1) is 12.7. The van der Waals surface area contributed by atoms with E-state index in [0.29, 0.717) is 13.1 Å². The van der Waals surface area contributed by atoms with Crippen molar-refractivity contribution in [2.75, 3.05) is 13.1 Å². The molecule has 2 fully saturated rings. The molecule has 1 saturated carbocycles. The third-order valence-corrected chi connectivity index (χ3v) is 4.74. The molecular weight excluding hydrogens is 238 g/mol. The predicted octanol–water partition coefficient (Wildman–Crippen LogP) is 2.45. The van der Waals surface area contributed by atoms with Gasteiger partial charge in [-0.05, 0) is 31.4 Å². The lowest BCUT2D eigenvalue weighted by molar-refractivity contribution is -0.0886. The molecule has 2 unspecified atom stereocenters. The lowest BCUT2D eigenvalue weighted by Gasteiger charge is -2.47. The predicted molar refractivity (Wildman–Crippen MR) is 73.9 cm³/mol. The Morgan fingerprint density at radius 3 is 2.79 bits per heavy atom. The minimum atomic E-state index is -0.508. The standard InChI is InChI=1S/C16H21NO2/c18-15(13-6-2-1-3-7-13)17-11-10-16(19)9-5-4-8-14(16)12-17/h1-3,6-7,14,19H,4-5,8-12H2. The van der Waals surface area contributed by atoms with Gasteiger partial charge >= 0.3 is 0 Å². The van der Waals surface area contributed by atoms with Gasteiger partial charge in [-0.25, -0.2) is 0 Å². The third kappa shape index (κ3) is 2.39. The molecule has 1 aromatic carbocycles. The van der Waals surface area contributed by atoms with Crippen LogP contribution in [-0.4, -0.2) is 34.6 Å². The minimum Gasteiger partial charge on any atom is -0.389 e. The highest BCUT2D eigenvalue weighted by Gasteiger charge is 2.43. The normalized spacial score (nSPS) is 30.8. The van der Waals surface area contributed by atoms with Gasteiger partial charge in [-0.2, -0.15) is 0 Å². The number of hydrogen-bond donors (Lipinski definition) is 1. The van der Waals surface area contributed by atoms with Crippen molar-refractivity contribution in [3.63, 3.8) is 0 Å². The number of amides is 1. The van der Waals surface area contributed by atoms with Crippen LogP contribution in [0.2, 0.25) is 0 Å². The van der Waals surface area contributed by atoms with Crippen molar-refractivity contribution in [1.29, 1.82) is 0 Å². The fraction of sp³-hybridized carbons (Fsp3) is 0.562. The summed E-state index contributed by atoms with van der Waals surface area (Å²) in [4.78, 5) is 14.3. The summed E-state index contributed by atoms with van der Waals surface area (Å²) in [5.74, 6) is 0.371. The largest absolute Gasteiger partial charge is 0.389 e. The van der Waals surface area contributed by atoms with Gasteiger partial charge in [-0.3, -0.25) is 4.79 Å². The van der Waals surface area contributed by atoms with Crippen LogP contribution in [-0.2, 0) is 0 Å². The molecule has 3 heteroatoms. The molecule has 1 aliphatic carbocycles. The fourth-order valence-electron chi connectivity index (χ4n) is 3.52. The van der Waals surface area contributed by atoms with Crippen LogP contribution in [0.3, 0.4) is 0 Å². The van der Waals surface area contributed by atoms with E-state index >= 15 is 0 Å². The number of nitrogens with zero attached hydrogens (tertiary/aromatic N) is 1. The Morgan fingerprint density at radius 1 is 1.21 bits per heavy atom. The number of hydrogen-bond acceptors (Lipinski definition) is 2. The number of carbonyl (C=O) groups excluding carboxylic acids is 1. The van der Waals surface area contributed by atoms with Gasteiger partial charge in [0.15, 0.2) is 0 Å². The van der Waals surface area contributed by atoms with Crippen molar-refractivity contribution < 1.29 is 9.90 Å². The van der Waals surface area contributed by atoms with Gasteiger partial charge in [-0.15, -0.1) is 0 Å². The summed E-state index contributed by atoms with van der Waals surface area (Å²) in [7, 11) is 0. The van der Waals surface area contributed by atoms with Gasteiger partial charge in [0.05, 0.1) is 5.60 Å². The Labute approximate surface area is 114 Å². The molecule has 0 radical (unpaired) electrons. The van der Waals surface area contributed by atoms with Crippen LogP contribution in [0.4, 0.5) is 0 Å². The van der Waals surface area contributed by atoms with E-state index in [0.717, 1.165) is 31.2 Å². The van der Waals surface area contributed by atoms with Crippen molar-refractivity contribution in [2.45, 2.75) is 37.7 Å². The number of benzene rings is 1. The highest BCUT2D eigenvalue weighted by Crippen LogP contribution is 2.39. The maximum absolute atomic E-state index is 12.4. The lowest BCUT2D eigenvalue weighted by Crippen LogP contribution is -2.54. The van der Waals surface area contributed by atoms with E-state index in [1.807, 2.05) is 35.2 Å². The second-order valence-corrected chi connectivity index (χ2v) is 5.91. The average molecular weight is 259 g/mol. The van der Waals surface area contributed by atoms with Gasteiger partial charge in [0, 0.05) is 24.6 Å². The second kappa shape index (κ2) is 4.97. The van der Waals surface area contributed by atoms with Crippen LogP contribution in [0, 0.1) is 5.92 Å². The second-order valence-electron chi connectivity index (χ2n) is 5.91. The Bertz CT molecular complexity index is 459. The van der Waals surface area contributed by atoms with Crippen molar-refractivity contribution in [3.05, 3.63) is 35.9 Å². The minimum absolute atomic E-state index is 0.105. The molecule has 1 amide bonds. The first-order valence-electron chi connectivity index (χ1n) is 7.26. The smallest absolute Gasteiger partial charge is 0.253 e. The van der Waals surface area contributed by atoms with Crippen LogP contribution >= 0.6 is 0 Å². The van der Waals surface area contributed by atoms with E-state index in [2.05, 4.69) is 0 Å². The lowest BCUT2D eigenvalue weighted by atomic mass is 9.71. The molecule has 1 N–H and O–H groups in total. The molecule has 1 aromatic rings. The summed E-state index contributed by atoms with van der Waals surface area (Å²) in [5, 5.41) is 10.6. The Balaban J connectivity index is 1.73. The molecular formula is C16H21NO2. The first-order valence-corrected chi connectivity index (χ1v) is 7.26. The molecule has 1 heterocycles. The third-order valence-electron chi connectivity index (χ3n) is 4.74. The maximum atomic E-state index is 12.4. The van der Waals surface area contributed by atoms with Gasteiger partial charge in [0.1, 0.15) is 0 Å². The maximum Gasteiger partial charge on any atom is 0.253 e. The van der Waals surface area contributed by atoms with Gasteiger partial charge < -0.3 is 10.0 Å². The Hall–Kier alpha value is -1.35. The van der Waals surface area contributed by atoms with E-state index in [9.17, 15) is 9.90 Å². The van der Waals surface area contributed by atoms with Crippen LogP contribution in [0.25, 0.3) is 0 Å². The molecule has 2 atom stereocenters. The van der Waals surface area contributed by atoms with Gasteiger partial charge in [-0.1, -0.05) is 31.0 Å². The Kier molecular flexibility index (Phi) is 3.31. The number of likely N-dealkylation sites (tertiary alicyclic amines) is 1. The zero-order valence-corrected chi connectivity index (χ0v) is 11.2. The topological polar surface area (TPSA) is 40.5 Å². The highest BCUT2D eigenvalue weighted by atomic mass is 16.3. The average Bonchev–Trinajstić information content (AvgIpc) is 2.46. The van der Waals surface area contributed by atoms with Crippen LogP contribution in [0.15, 0.2) is 30.3 Å². The molecule has 0 bridgehead atoms. The SMILES string of the molecule is O=C(c1ccccc1)N1CCC2(O)CCCCC2C1. The van der Waals surface area contributed by atoms with E-state index in [1.54, 1.807) is 0 Å². The van der Waals surface area contributed by atoms with E-state index < -0.39 is 5.60 Å². The first-order chi connectivity index (χ1) is 9.19. The Morgan fingerprint density at radius 2 is 2.00 bits per heavy atom. The van der Waals surface area contributed by atoms with Gasteiger partial charge in [0.2, 0.25) is 0 Å². The molecule has 19 heavy (non-hydrogen) atoms. The fourth-order valence-corrected chi connectivity index (χ4v) is 3.52. The molecule has 1 saturated heterocycles. The van der Waals surface area contributed by atoms with Crippen LogP contribution < -0.4 is 0 Å². The number of piperidine rings is 1. The summed E-state index contributed by atoms with van der Waals surface area (Å²) in [6.07, 6.45) is 5.00. The molecule has 2 aliphatic rings. The summed E-state index contributed by atoms with van der Waals surface area (Å²) >= 11 is 0. The molecule has 3 rings (SSSR count). The molecule has 0 aromatic heterocycles. The zero-order chi connectivity index (χ0) is 13.3. The summed E-state index contributed by atoms with van der Waals surface area (Å²) in [6, 6.07) is 9.45. The molecule has 3 nitrogen and oxygen atoms in total. The van der Waals surface area contributed by atoms with E-state index in [4.69, 9.17) is 0 Å². The van der Waals surface area contributed by atoms with Gasteiger partial charge in [0.25, 0.3) is 5.91 Å². The quantitative estimate of drug-likeness (QED) is 0.841. The number of aliphatic hydroxyl groups is 1. The number of carbonyl (C=O) groups is 1. The zero-order valence-electron chi connectivity index (χ0n) is 11.2. The van der Waals surface area contributed by atoms with E-state index in [1.165, 1.54) is 6.42 Å². The molecule has 102 valence electrons. The van der Waals surface area contributed by atoms with Crippen molar-refractivity contribution in [1.82, 2.24) is 4.90 Å². The molecule has 0 spiro atoms. The van der Waals surface area contributed by atoms with Crippen molar-refractivity contribution >= 4 is 5.91 Å². The summed E-state index contributed by atoms with van der Waals surface area (Å²) < 4.78 is 0. The van der Waals surface area contributed by atoms with Crippen molar-refractivity contribution in [2.24, 2.45) is 5.92 Å². The van der Waals surface area contributed by atoms with E-state index in [-0.39, 0.29) is 11.8 Å². The molecule has 1 aliphatic heterocycles. The van der Waals surface area contributed by atoms with Crippen LogP contribution in [0.1, 0.15) is 42.5 Å². The monoisotopic (exact) mass is 259 g/mol. The van der Waals surface area contributed by atoms with Crippen LogP contribution in [0.5, 0.6) is 0 Å². The highest BCUT2D eigenvalue weighted by molar-refractivity contribution is 5.94. The number of fused-ring (bicyclic) bond motifs is 1.